The number of halogens is 3. The van der Waals surface area contributed by atoms with Crippen LogP contribution in [0, 0.1) is 0 Å². The lowest BCUT2D eigenvalue weighted by Crippen LogP contribution is -2.43. The van der Waals surface area contributed by atoms with E-state index in [1.165, 1.54) is 18.2 Å². The molecule has 1 aromatic carbocycles. The Bertz CT molecular complexity index is 497. The number of hydrogen-bond donors (Lipinski definition) is 1. The van der Waals surface area contributed by atoms with Gasteiger partial charge in [0.1, 0.15) is 5.75 Å². The molecule has 1 N–H and O–H groups in total. The molecule has 0 saturated carbocycles. The first-order chi connectivity index (χ1) is 9.83. The number of ether oxygens (including phenoxy) is 1. The molecular weight excluding hydrogens is 285 g/mol. The van der Waals surface area contributed by atoms with Crippen molar-refractivity contribution in [3.63, 3.8) is 0 Å². The van der Waals surface area contributed by atoms with Gasteiger partial charge in [0.15, 0.2) is 0 Å². The third-order valence-electron chi connectivity index (χ3n) is 3.38. The number of amides is 1. The Hall–Kier alpha value is -1.76. The van der Waals surface area contributed by atoms with Crippen molar-refractivity contribution in [3.8, 4) is 5.75 Å². The van der Waals surface area contributed by atoms with E-state index < -0.39 is 12.1 Å². The summed E-state index contributed by atoms with van der Waals surface area (Å²) in [5, 5.41) is 2.84. The summed E-state index contributed by atoms with van der Waals surface area (Å²) in [4.78, 5) is 14.2. The van der Waals surface area contributed by atoms with E-state index in [2.05, 4.69) is 15.0 Å². The van der Waals surface area contributed by atoms with Crippen molar-refractivity contribution in [1.82, 2.24) is 10.2 Å². The van der Waals surface area contributed by atoms with Gasteiger partial charge in [-0.05, 0) is 51.2 Å². The maximum Gasteiger partial charge on any atom is 0.573 e. The average Bonchev–Trinajstić information content (AvgIpc) is 2.40. The van der Waals surface area contributed by atoms with E-state index >= 15 is 0 Å². The number of hydrogen-bond acceptors (Lipinski definition) is 3. The monoisotopic (exact) mass is 302 g/mol. The van der Waals surface area contributed by atoms with Crippen LogP contribution < -0.4 is 10.1 Å². The molecule has 116 valence electrons. The van der Waals surface area contributed by atoms with E-state index in [-0.39, 0.29) is 17.5 Å². The van der Waals surface area contributed by atoms with Gasteiger partial charge in [-0.15, -0.1) is 13.2 Å². The van der Waals surface area contributed by atoms with E-state index in [1.807, 2.05) is 7.05 Å². The van der Waals surface area contributed by atoms with Crippen molar-refractivity contribution in [1.29, 1.82) is 0 Å². The summed E-state index contributed by atoms with van der Waals surface area (Å²) in [6, 6.07) is 5.15. The first-order valence-electron chi connectivity index (χ1n) is 6.69. The largest absolute Gasteiger partial charge is 0.573 e. The first kappa shape index (κ1) is 15.6. The Morgan fingerprint density at radius 3 is 2.62 bits per heavy atom. The molecule has 1 aliphatic heterocycles. The lowest BCUT2D eigenvalue weighted by Gasteiger charge is -2.29. The molecule has 0 unspecified atom stereocenters. The number of likely N-dealkylation sites (tertiary alicyclic amines) is 1. The molecule has 7 heteroatoms. The number of carbonyl (C=O) groups is 1. The normalized spacial score (nSPS) is 17.5. The molecule has 1 amide bonds. The molecule has 2 rings (SSSR count). The van der Waals surface area contributed by atoms with E-state index in [9.17, 15) is 18.0 Å². The second kappa shape index (κ2) is 6.34. The number of carbonyl (C=O) groups excluding carboxylic acids is 1. The highest BCUT2D eigenvalue weighted by molar-refractivity contribution is 5.94. The van der Waals surface area contributed by atoms with Gasteiger partial charge in [0.2, 0.25) is 0 Å². The Balaban J connectivity index is 1.97. The van der Waals surface area contributed by atoms with Crippen LogP contribution >= 0.6 is 0 Å². The maximum atomic E-state index is 12.2. The molecule has 0 atom stereocenters. The highest BCUT2D eigenvalue weighted by Gasteiger charge is 2.31. The third-order valence-corrected chi connectivity index (χ3v) is 3.38. The molecule has 0 bridgehead atoms. The SMILES string of the molecule is CN1CCC(NC(=O)c2cccc(OC(F)(F)F)c2)CC1. The smallest absolute Gasteiger partial charge is 0.406 e. The zero-order valence-corrected chi connectivity index (χ0v) is 11.6. The van der Waals surface area contributed by atoms with E-state index in [4.69, 9.17) is 0 Å². The van der Waals surface area contributed by atoms with Crippen LogP contribution in [0.2, 0.25) is 0 Å². The van der Waals surface area contributed by atoms with Gasteiger partial charge in [0.25, 0.3) is 5.91 Å². The van der Waals surface area contributed by atoms with Crippen LogP contribution in [0.25, 0.3) is 0 Å². The van der Waals surface area contributed by atoms with Crippen molar-refractivity contribution in [2.24, 2.45) is 0 Å². The molecule has 1 heterocycles. The van der Waals surface area contributed by atoms with Crippen molar-refractivity contribution >= 4 is 5.91 Å². The standard InChI is InChI=1S/C14H17F3N2O2/c1-19-7-5-11(6-8-19)18-13(20)10-3-2-4-12(9-10)21-14(15,16)17/h2-4,9,11H,5-8H2,1H3,(H,18,20). The maximum absolute atomic E-state index is 12.2. The second-order valence-electron chi connectivity index (χ2n) is 5.13. The van der Waals surface area contributed by atoms with E-state index in [0.29, 0.717) is 0 Å². The molecular formula is C14H17F3N2O2. The summed E-state index contributed by atoms with van der Waals surface area (Å²) in [5.74, 6) is -0.768. The van der Waals surface area contributed by atoms with E-state index in [0.717, 1.165) is 32.0 Å². The van der Waals surface area contributed by atoms with Crippen molar-refractivity contribution in [2.75, 3.05) is 20.1 Å². The fourth-order valence-electron chi connectivity index (χ4n) is 2.26. The second-order valence-corrected chi connectivity index (χ2v) is 5.13. The zero-order chi connectivity index (χ0) is 15.5. The number of nitrogens with zero attached hydrogens (tertiary/aromatic N) is 1. The van der Waals surface area contributed by atoms with Crippen LogP contribution in [0.3, 0.4) is 0 Å². The molecule has 4 nitrogen and oxygen atoms in total. The predicted octanol–water partition coefficient (Wildman–Crippen LogP) is 2.41. The molecule has 1 aliphatic rings. The Morgan fingerprint density at radius 2 is 2.00 bits per heavy atom. The zero-order valence-electron chi connectivity index (χ0n) is 11.6. The number of rotatable bonds is 3. The van der Waals surface area contributed by atoms with Gasteiger partial charge in [-0.1, -0.05) is 6.07 Å². The van der Waals surface area contributed by atoms with Crippen LogP contribution in [0.15, 0.2) is 24.3 Å². The molecule has 0 radical (unpaired) electrons. The molecule has 0 aliphatic carbocycles. The van der Waals surface area contributed by atoms with Gasteiger partial charge >= 0.3 is 6.36 Å². The van der Waals surface area contributed by atoms with E-state index in [1.54, 1.807) is 0 Å². The highest BCUT2D eigenvalue weighted by atomic mass is 19.4. The van der Waals surface area contributed by atoms with Crippen LogP contribution in [-0.4, -0.2) is 43.3 Å². The van der Waals surface area contributed by atoms with Gasteiger partial charge in [-0.3, -0.25) is 4.79 Å². The lowest BCUT2D eigenvalue weighted by molar-refractivity contribution is -0.274. The Labute approximate surface area is 120 Å². The molecule has 1 fully saturated rings. The van der Waals surface area contributed by atoms with Crippen LogP contribution in [0.4, 0.5) is 13.2 Å². The van der Waals surface area contributed by atoms with Crippen LogP contribution in [0.1, 0.15) is 23.2 Å². The fraction of sp³-hybridized carbons (Fsp3) is 0.500. The minimum Gasteiger partial charge on any atom is -0.406 e. The minimum atomic E-state index is -4.76. The predicted molar refractivity (Wildman–Crippen MR) is 71.1 cm³/mol. The summed E-state index contributed by atoms with van der Waals surface area (Å²) in [5.41, 5.74) is 0.163. The molecule has 1 saturated heterocycles. The highest BCUT2D eigenvalue weighted by Crippen LogP contribution is 2.23. The van der Waals surface area contributed by atoms with Gasteiger partial charge in [-0.25, -0.2) is 0 Å². The fourth-order valence-corrected chi connectivity index (χ4v) is 2.26. The molecule has 1 aromatic rings. The van der Waals surface area contributed by atoms with Crippen LogP contribution in [-0.2, 0) is 0 Å². The van der Waals surface area contributed by atoms with Gasteiger partial charge in [0, 0.05) is 11.6 Å². The third kappa shape index (κ3) is 4.93. The lowest BCUT2D eigenvalue weighted by atomic mass is 10.0. The minimum absolute atomic E-state index is 0.0564. The molecule has 21 heavy (non-hydrogen) atoms. The number of alkyl halides is 3. The Morgan fingerprint density at radius 1 is 1.33 bits per heavy atom. The molecule has 0 aromatic heterocycles. The number of nitrogens with one attached hydrogen (secondary N) is 1. The number of piperidine rings is 1. The molecule has 0 spiro atoms. The average molecular weight is 302 g/mol. The first-order valence-corrected chi connectivity index (χ1v) is 6.69. The summed E-state index contributed by atoms with van der Waals surface area (Å²) in [6.45, 7) is 1.78. The summed E-state index contributed by atoms with van der Waals surface area (Å²) in [6.07, 6.45) is -3.09. The summed E-state index contributed by atoms with van der Waals surface area (Å²) in [7, 11) is 2.01. The quantitative estimate of drug-likeness (QED) is 0.932. The van der Waals surface area contributed by atoms with Crippen LogP contribution in [0.5, 0.6) is 5.75 Å². The van der Waals surface area contributed by atoms with Crippen molar-refractivity contribution in [2.45, 2.75) is 25.2 Å². The van der Waals surface area contributed by atoms with Crippen molar-refractivity contribution < 1.29 is 22.7 Å². The Kier molecular flexibility index (Phi) is 4.72. The van der Waals surface area contributed by atoms with Gasteiger partial charge < -0.3 is 15.0 Å². The topological polar surface area (TPSA) is 41.6 Å². The summed E-state index contributed by atoms with van der Waals surface area (Å²) < 4.78 is 40.3. The number of benzene rings is 1. The summed E-state index contributed by atoms with van der Waals surface area (Å²) >= 11 is 0. The van der Waals surface area contributed by atoms with Crippen molar-refractivity contribution in [3.05, 3.63) is 29.8 Å². The van der Waals surface area contributed by atoms with Gasteiger partial charge in [0.05, 0.1) is 0 Å². The van der Waals surface area contributed by atoms with Gasteiger partial charge in [-0.2, -0.15) is 0 Å².